The van der Waals surface area contributed by atoms with Crippen LogP contribution in [-0.4, -0.2) is 16.7 Å². The van der Waals surface area contributed by atoms with E-state index < -0.39 is 17.6 Å². The van der Waals surface area contributed by atoms with Gasteiger partial charge in [0, 0.05) is 16.8 Å². The number of ketones is 2. The van der Waals surface area contributed by atoms with Crippen LogP contribution in [0.2, 0.25) is 0 Å². The summed E-state index contributed by atoms with van der Waals surface area (Å²) < 4.78 is 0. The van der Waals surface area contributed by atoms with Crippen molar-refractivity contribution in [3.63, 3.8) is 0 Å². The van der Waals surface area contributed by atoms with Gasteiger partial charge < -0.3 is 10.4 Å². The van der Waals surface area contributed by atoms with Crippen molar-refractivity contribution < 1.29 is 14.7 Å². The second-order valence-corrected chi connectivity index (χ2v) is 6.82. The number of anilines is 1. The molecule has 1 aliphatic carbocycles. The van der Waals surface area contributed by atoms with Gasteiger partial charge in [0.05, 0.1) is 11.6 Å². The lowest BCUT2D eigenvalue weighted by molar-refractivity contribution is -0.112. The SMILES string of the molecule is Cc1ccc(C(Nc2ccccc2)C2=C(O)c3ccccc3C(=O)C2=O)cc1. The lowest BCUT2D eigenvalue weighted by Gasteiger charge is -2.26. The first-order valence-corrected chi connectivity index (χ1v) is 9.06. The predicted molar refractivity (Wildman–Crippen MR) is 109 cm³/mol. The van der Waals surface area contributed by atoms with E-state index in [9.17, 15) is 14.7 Å². The largest absolute Gasteiger partial charge is 0.507 e. The fourth-order valence-corrected chi connectivity index (χ4v) is 3.43. The Balaban J connectivity index is 1.89. The number of Topliss-reactive ketones (excluding diaryl/α,β-unsaturated/α-hetero) is 2. The third-order valence-corrected chi connectivity index (χ3v) is 4.92. The van der Waals surface area contributed by atoms with Gasteiger partial charge in [0.2, 0.25) is 11.6 Å². The molecule has 0 aromatic heterocycles. The van der Waals surface area contributed by atoms with Crippen LogP contribution in [0.5, 0.6) is 0 Å². The Hall–Kier alpha value is -3.66. The smallest absolute Gasteiger partial charge is 0.235 e. The molecule has 0 saturated carbocycles. The summed E-state index contributed by atoms with van der Waals surface area (Å²) in [7, 11) is 0. The van der Waals surface area contributed by atoms with Gasteiger partial charge in [-0.15, -0.1) is 0 Å². The van der Waals surface area contributed by atoms with Gasteiger partial charge in [-0.3, -0.25) is 9.59 Å². The number of hydrogen-bond acceptors (Lipinski definition) is 4. The van der Waals surface area contributed by atoms with Crippen LogP contribution in [-0.2, 0) is 4.79 Å². The van der Waals surface area contributed by atoms with Gasteiger partial charge in [0.25, 0.3) is 0 Å². The summed E-state index contributed by atoms with van der Waals surface area (Å²) in [6.45, 7) is 1.98. The molecule has 28 heavy (non-hydrogen) atoms. The van der Waals surface area contributed by atoms with E-state index in [2.05, 4.69) is 5.32 Å². The fraction of sp³-hybridized carbons (Fsp3) is 0.0833. The Bertz CT molecular complexity index is 1080. The Kier molecular flexibility index (Phi) is 4.53. The molecule has 0 spiro atoms. The molecule has 1 aliphatic rings. The highest BCUT2D eigenvalue weighted by atomic mass is 16.3. The zero-order chi connectivity index (χ0) is 19.7. The van der Waals surface area contributed by atoms with Gasteiger partial charge >= 0.3 is 0 Å². The molecule has 4 rings (SSSR count). The average Bonchev–Trinajstić information content (AvgIpc) is 2.73. The highest BCUT2D eigenvalue weighted by molar-refractivity contribution is 6.52. The minimum atomic E-state index is -0.690. The zero-order valence-electron chi connectivity index (χ0n) is 15.3. The second kappa shape index (κ2) is 7.16. The second-order valence-electron chi connectivity index (χ2n) is 6.82. The summed E-state index contributed by atoms with van der Waals surface area (Å²) in [6.07, 6.45) is 0. The number of aliphatic hydroxyl groups is 1. The minimum absolute atomic E-state index is 0.0661. The average molecular weight is 369 g/mol. The van der Waals surface area contributed by atoms with E-state index in [1.54, 1.807) is 24.3 Å². The fourth-order valence-electron chi connectivity index (χ4n) is 3.43. The number of fused-ring (bicyclic) bond motifs is 1. The van der Waals surface area contributed by atoms with Crippen LogP contribution < -0.4 is 5.32 Å². The van der Waals surface area contributed by atoms with Gasteiger partial charge in [-0.05, 0) is 24.6 Å². The molecule has 0 heterocycles. The first kappa shape index (κ1) is 17.7. The molecule has 1 atom stereocenters. The van der Waals surface area contributed by atoms with Crippen molar-refractivity contribution in [2.75, 3.05) is 5.32 Å². The number of hydrogen-bond donors (Lipinski definition) is 2. The van der Waals surface area contributed by atoms with E-state index in [-0.39, 0.29) is 16.9 Å². The minimum Gasteiger partial charge on any atom is -0.507 e. The zero-order valence-corrected chi connectivity index (χ0v) is 15.3. The molecule has 0 fully saturated rings. The molecule has 4 nitrogen and oxygen atoms in total. The van der Waals surface area contributed by atoms with Gasteiger partial charge in [-0.1, -0.05) is 72.3 Å². The van der Waals surface area contributed by atoms with Crippen LogP contribution in [0.25, 0.3) is 5.76 Å². The van der Waals surface area contributed by atoms with Crippen molar-refractivity contribution in [3.8, 4) is 0 Å². The quantitative estimate of drug-likeness (QED) is 0.643. The lowest BCUT2D eigenvalue weighted by atomic mass is 9.83. The molecule has 0 aliphatic heterocycles. The third-order valence-electron chi connectivity index (χ3n) is 4.92. The molecule has 138 valence electrons. The summed E-state index contributed by atoms with van der Waals surface area (Å²) in [4.78, 5) is 25.7. The molecule has 2 N–H and O–H groups in total. The Morgan fingerprint density at radius 3 is 2.04 bits per heavy atom. The van der Waals surface area contributed by atoms with Crippen LogP contribution in [0.4, 0.5) is 5.69 Å². The monoisotopic (exact) mass is 369 g/mol. The summed E-state index contributed by atoms with van der Waals surface area (Å²) in [5.41, 5.74) is 3.34. The standard InChI is InChI=1S/C24H19NO3/c1-15-11-13-16(14-12-15)21(25-17-7-3-2-4-8-17)20-22(26)18-9-5-6-10-19(18)23(27)24(20)28/h2-14,21,25-26H,1H3. The molecule has 1 unspecified atom stereocenters. The van der Waals surface area contributed by atoms with Crippen LogP contribution in [0.1, 0.15) is 33.1 Å². The van der Waals surface area contributed by atoms with Crippen LogP contribution in [0.3, 0.4) is 0 Å². The van der Waals surface area contributed by atoms with Gasteiger partial charge in [0.1, 0.15) is 5.76 Å². The molecule has 4 heteroatoms. The molecular formula is C24H19NO3. The van der Waals surface area contributed by atoms with E-state index in [0.29, 0.717) is 5.56 Å². The maximum absolute atomic E-state index is 13.0. The van der Waals surface area contributed by atoms with Gasteiger partial charge in [0.15, 0.2) is 0 Å². The van der Waals surface area contributed by atoms with Crippen LogP contribution in [0.15, 0.2) is 84.4 Å². The van der Waals surface area contributed by atoms with Gasteiger partial charge in [-0.25, -0.2) is 0 Å². The number of para-hydroxylation sites is 1. The molecule has 0 amide bonds. The highest BCUT2D eigenvalue weighted by Crippen LogP contribution is 2.36. The first-order valence-electron chi connectivity index (χ1n) is 9.06. The van der Waals surface area contributed by atoms with E-state index >= 15 is 0 Å². The molecular weight excluding hydrogens is 350 g/mol. The van der Waals surface area contributed by atoms with Crippen LogP contribution in [0, 0.1) is 6.92 Å². The van der Waals surface area contributed by atoms with Crippen molar-refractivity contribution in [1.82, 2.24) is 0 Å². The van der Waals surface area contributed by atoms with Crippen molar-refractivity contribution in [2.45, 2.75) is 13.0 Å². The number of aliphatic hydroxyl groups excluding tert-OH is 1. The maximum Gasteiger partial charge on any atom is 0.235 e. The normalized spacial score (nSPS) is 14.6. The van der Waals surface area contributed by atoms with E-state index in [0.717, 1.165) is 16.8 Å². The highest BCUT2D eigenvalue weighted by Gasteiger charge is 2.37. The number of aryl methyl sites for hydroxylation is 1. The number of carbonyl (C=O) groups excluding carboxylic acids is 2. The molecule has 0 bridgehead atoms. The summed E-state index contributed by atoms with van der Waals surface area (Å²) >= 11 is 0. The Morgan fingerprint density at radius 1 is 0.750 bits per heavy atom. The number of carbonyl (C=O) groups is 2. The third kappa shape index (κ3) is 3.09. The summed E-state index contributed by atoms with van der Waals surface area (Å²) in [6, 6.07) is 23.1. The number of nitrogens with one attached hydrogen (secondary N) is 1. The lowest BCUT2D eigenvalue weighted by Crippen LogP contribution is -2.30. The Morgan fingerprint density at radius 2 is 1.36 bits per heavy atom. The number of benzene rings is 3. The maximum atomic E-state index is 13.0. The first-order chi connectivity index (χ1) is 13.6. The topological polar surface area (TPSA) is 66.4 Å². The molecule has 0 saturated heterocycles. The van der Waals surface area contributed by atoms with E-state index in [1.165, 1.54) is 0 Å². The van der Waals surface area contributed by atoms with Gasteiger partial charge in [-0.2, -0.15) is 0 Å². The Labute approximate surface area is 163 Å². The van der Waals surface area contributed by atoms with E-state index in [1.807, 2.05) is 61.5 Å². The molecule has 3 aromatic rings. The van der Waals surface area contributed by atoms with Crippen molar-refractivity contribution in [3.05, 3.63) is 107 Å². The summed E-state index contributed by atoms with van der Waals surface area (Å²) in [5, 5.41) is 14.2. The predicted octanol–water partition coefficient (Wildman–Crippen LogP) is 4.88. The molecule has 0 radical (unpaired) electrons. The summed E-state index contributed by atoms with van der Waals surface area (Å²) in [5.74, 6) is -1.45. The number of rotatable bonds is 4. The van der Waals surface area contributed by atoms with Crippen molar-refractivity contribution in [1.29, 1.82) is 0 Å². The van der Waals surface area contributed by atoms with Crippen molar-refractivity contribution in [2.24, 2.45) is 0 Å². The van der Waals surface area contributed by atoms with Crippen molar-refractivity contribution >= 4 is 23.0 Å². The van der Waals surface area contributed by atoms with E-state index in [4.69, 9.17) is 0 Å². The van der Waals surface area contributed by atoms with Crippen LogP contribution >= 0.6 is 0 Å². The molecule has 3 aromatic carbocycles.